The van der Waals surface area contributed by atoms with E-state index in [1.54, 1.807) is 91.0 Å². The molecule has 0 spiro atoms. The molecule has 1 heterocycles. The summed E-state index contributed by atoms with van der Waals surface area (Å²) in [6.45, 7) is 0.796. The SMILES string of the molecule is CC(=O)OC1OC(COC(=O)c2ccccc2)[C@H](OC(=O)c2ccccc2)C1OC(=O)c1ccccc1. The van der Waals surface area contributed by atoms with E-state index in [1.165, 1.54) is 0 Å². The van der Waals surface area contributed by atoms with E-state index in [0.717, 1.165) is 6.92 Å². The lowest BCUT2D eigenvalue weighted by Crippen LogP contribution is -2.42. The molecule has 1 saturated heterocycles. The van der Waals surface area contributed by atoms with Crippen LogP contribution in [0.4, 0.5) is 0 Å². The molecule has 9 heteroatoms. The summed E-state index contributed by atoms with van der Waals surface area (Å²) >= 11 is 0. The van der Waals surface area contributed by atoms with Crippen LogP contribution in [0.3, 0.4) is 0 Å². The normalized spacial score (nSPS) is 20.5. The topological polar surface area (TPSA) is 114 Å². The lowest BCUT2D eigenvalue weighted by molar-refractivity contribution is -0.187. The number of benzene rings is 3. The lowest BCUT2D eigenvalue weighted by atomic mass is 10.1. The maximum absolute atomic E-state index is 12.9. The summed E-state index contributed by atoms with van der Waals surface area (Å²) in [7, 11) is 0. The molecule has 37 heavy (non-hydrogen) atoms. The van der Waals surface area contributed by atoms with Crippen LogP contribution in [0.25, 0.3) is 0 Å². The average molecular weight is 504 g/mol. The van der Waals surface area contributed by atoms with E-state index in [4.69, 9.17) is 23.7 Å². The summed E-state index contributed by atoms with van der Waals surface area (Å²) < 4.78 is 27.7. The molecule has 0 saturated carbocycles. The summed E-state index contributed by atoms with van der Waals surface area (Å²) in [6.07, 6.45) is -5.09. The first-order valence-electron chi connectivity index (χ1n) is 11.5. The van der Waals surface area contributed by atoms with E-state index in [2.05, 4.69) is 0 Å². The van der Waals surface area contributed by atoms with Crippen LogP contribution in [0, 0.1) is 0 Å². The molecule has 0 amide bonds. The van der Waals surface area contributed by atoms with Gasteiger partial charge in [0.2, 0.25) is 12.4 Å². The van der Waals surface area contributed by atoms with Crippen molar-refractivity contribution in [2.45, 2.75) is 31.5 Å². The molecule has 3 aromatic rings. The minimum atomic E-state index is -1.40. The molecular formula is C28H24O9. The van der Waals surface area contributed by atoms with E-state index in [1.807, 2.05) is 0 Å². The highest BCUT2D eigenvalue weighted by atomic mass is 16.8. The Hall–Kier alpha value is -4.50. The summed E-state index contributed by atoms with van der Waals surface area (Å²) in [6, 6.07) is 24.6. The van der Waals surface area contributed by atoms with Gasteiger partial charge in [-0.25, -0.2) is 14.4 Å². The molecule has 9 nitrogen and oxygen atoms in total. The Kier molecular flexibility index (Phi) is 8.27. The van der Waals surface area contributed by atoms with Gasteiger partial charge >= 0.3 is 23.9 Å². The standard InChI is InChI=1S/C28H24O9/c1-18(29)34-28-24(37-27(32)21-15-9-4-10-16-21)23(36-26(31)20-13-7-3-8-14-20)22(35-28)17-33-25(30)19-11-5-2-6-12-19/h2-16,22-24,28H,17H2,1H3/t22?,23-,24?,28?/m0/s1. The fourth-order valence-corrected chi connectivity index (χ4v) is 3.70. The van der Waals surface area contributed by atoms with Crippen molar-refractivity contribution in [2.24, 2.45) is 0 Å². The Balaban J connectivity index is 1.58. The molecule has 0 radical (unpaired) electrons. The van der Waals surface area contributed by atoms with Crippen LogP contribution in [-0.2, 0) is 28.5 Å². The van der Waals surface area contributed by atoms with E-state index in [-0.39, 0.29) is 17.7 Å². The number of ether oxygens (including phenoxy) is 5. The predicted octanol–water partition coefficient (Wildman–Crippen LogP) is 3.58. The van der Waals surface area contributed by atoms with Crippen molar-refractivity contribution in [3.63, 3.8) is 0 Å². The van der Waals surface area contributed by atoms with Crippen molar-refractivity contribution >= 4 is 23.9 Å². The zero-order valence-corrected chi connectivity index (χ0v) is 19.9. The van der Waals surface area contributed by atoms with Gasteiger partial charge < -0.3 is 23.7 Å². The molecule has 1 aliphatic heterocycles. The molecule has 1 fully saturated rings. The third-order valence-electron chi connectivity index (χ3n) is 5.44. The van der Waals surface area contributed by atoms with Crippen molar-refractivity contribution in [1.29, 1.82) is 0 Å². The van der Waals surface area contributed by atoms with Crippen LogP contribution < -0.4 is 0 Å². The van der Waals surface area contributed by atoms with Crippen molar-refractivity contribution in [1.82, 2.24) is 0 Å². The van der Waals surface area contributed by atoms with Gasteiger partial charge in [0.1, 0.15) is 12.7 Å². The van der Waals surface area contributed by atoms with Crippen LogP contribution in [0.1, 0.15) is 38.0 Å². The van der Waals surface area contributed by atoms with E-state index in [0.29, 0.717) is 5.56 Å². The summed E-state index contributed by atoms with van der Waals surface area (Å²) in [5.74, 6) is -2.81. The smallest absolute Gasteiger partial charge is 0.338 e. The number of hydrogen-bond donors (Lipinski definition) is 0. The largest absolute Gasteiger partial charge is 0.459 e. The van der Waals surface area contributed by atoms with Crippen LogP contribution in [0.5, 0.6) is 0 Å². The number of carbonyl (C=O) groups excluding carboxylic acids is 4. The van der Waals surface area contributed by atoms with E-state index >= 15 is 0 Å². The lowest BCUT2D eigenvalue weighted by Gasteiger charge is -2.24. The Bertz CT molecular complexity index is 1230. The first kappa shape index (κ1) is 25.6. The van der Waals surface area contributed by atoms with Gasteiger partial charge in [-0.05, 0) is 36.4 Å². The van der Waals surface area contributed by atoms with Crippen LogP contribution >= 0.6 is 0 Å². The second-order valence-corrected chi connectivity index (χ2v) is 8.09. The number of carbonyl (C=O) groups is 4. The van der Waals surface area contributed by atoms with Crippen LogP contribution in [-0.4, -0.2) is 55.1 Å². The Labute approximate surface area is 212 Å². The van der Waals surface area contributed by atoms with Gasteiger partial charge in [0, 0.05) is 6.92 Å². The van der Waals surface area contributed by atoms with Gasteiger partial charge in [-0.2, -0.15) is 0 Å². The Morgan fingerprint density at radius 3 is 1.51 bits per heavy atom. The summed E-state index contributed by atoms with van der Waals surface area (Å²) in [5, 5.41) is 0. The van der Waals surface area contributed by atoms with E-state index < -0.39 is 48.5 Å². The molecule has 4 atom stereocenters. The highest BCUT2D eigenvalue weighted by Gasteiger charge is 2.52. The third-order valence-corrected chi connectivity index (χ3v) is 5.44. The van der Waals surface area contributed by atoms with Crippen molar-refractivity contribution in [2.75, 3.05) is 6.61 Å². The summed E-state index contributed by atoms with van der Waals surface area (Å²) in [4.78, 5) is 50.0. The maximum atomic E-state index is 12.9. The second kappa shape index (κ2) is 12.0. The molecule has 0 N–H and O–H groups in total. The first-order valence-corrected chi connectivity index (χ1v) is 11.5. The molecule has 0 aliphatic carbocycles. The molecule has 4 rings (SSSR count). The van der Waals surface area contributed by atoms with Gasteiger partial charge in [-0.3, -0.25) is 4.79 Å². The fraction of sp³-hybridized carbons (Fsp3) is 0.214. The highest BCUT2D eigenvalue weighted by molar-refractivity contribution is 5.91. The predicted molar refractivity (Wildman–Crippen MR) is 128 cm³/mol. The third kappa shape index (κ3) is 6.59. The van der Waals surface area contributed by atoms with Crippen LogP contribution in [0.15, 0.2) is 91.0 Å². The van der Waals surface area contributed by atoms with Crippen molar-refractivity contribution in [3.8, 4) is 0 Å². The van der Waals surface area contributed by atoms with Gasteiger partial charge in [0.05, 0.1) is 16.7 Å². The minimum Gasteiger partial charge on any atom is -0.459 e. The Morgan fingerprint density at radius 1 is 0.622 bits per heavy atom. The second-order valence-electron chi connectivity index (χ2n) is 8.09. The molecular weight excluding hydrogens is 480 g/mol. The van der Waals surface area contributed by atoms with Gasteiger partial charge in [-0.1, -0.05) is 54.6 Å². The fourth-order valence-electron chi connectivity index (χ4n) is 3.70. The molecule has 0 bridgehead atoms. The zero-order valence-electron chi connectivity index (χ0n) is 19.9. The molecule has 3 aromatic carbocycles. The van der Waals surface area contributed by atoms with Crippen molar-refractivity contribution in [3.05, 3.63) is 108 Å². The molecule has 3 unspecified atom stereocenters. The molecule has 190 valence electrons. The quantitative estimate of drug-likeness (QED) is 0.335. The van der Waals surface area contributed by atoms with E-state index in [9.17, 15) is 19.2 Å². The summed E-state index contributed by atoms with van der Waals surface area (Å²) in [5.41, 5.74) is 0.782. The van der Waals surface area contributed by atoms with Gasteiger partial charge in [0.25, 0.3) is 0 Å². The van der Waals surface area contributed by atoms with Gasteiger partial charge in [0.15, 0.2) is 6.10 Å². The van der Waals surface area contributed by atoms with Crippen LogP contribution in [0.2, 0.25) is 0 Å². The van der Waals surface area contributed by atoms with Crippen molar-refractivity contribution < 1.29 is 42.9 Å². The molecule has 1 aliphatic rings. The highest BCUT2D eigenvalue weighted by Crippen LogP contribution is 2.30. The number of rotatable bonds is 8. The Morgan fingerprint density at radius 2 is 1.05 bits per heavy atom. The first-order chi connectivity index (χ1) is 17.9. The molecule has 0 aromatic heterocycles. The number of esters is 4. The average Bonchev–Trinajstić information content (AvgIpc) is 3.23. The maximum Gasteiger partial charge on any atom is 0.338 e. The van der Waals surface area contributed by atoms with Gasteiger partial charge in [-0.15, -0.1) is 0 Å². The number of hydrogen-bond acceptors (Lipinski definition) is 9. The monoisotopic (exact) mass is 504 g/mol. The minimum absolute atomic E-state index is 0.233. The zero-order chi connectivity index (χ0) is 26.2.